The molecule has 0 aromatic rings. The van der Waals surface area contributed by atoms with Crippen LogP contribution in [0.1, 0.15) is 70.6 Å². The maximum Gasteiger partial charge on any atom is 0.105 e. The lowest BCUT2D eigenvalue weighted by Crippen LogP contribution is -2.65. The number of fused-ring (bicyclic) bond motifs is 5. The van der Waals surface area contributed by atoms with Crippen molar-refractivity contribution in [2.45, 2.75) is 91.8 Å². The van der Waals surface area contributed by atoms with E-state index in [-0.39, 0.29) is 4.87 Å². The first-order chi connectivity index (χ1) is 12.9. The minimum atomic E-state index is 0.0874. The molecule has 0 aromatic heterocycles. The van der Waals surface area contributed by atoms with E-state index >= 15 is 0 Å². The topological polar surface area (TPSA) is 12.0 Å². The summed E-state index contributed by atoms with van der Waals surface area (Å²) in [7, 11) is 7.22. The summed E-state index contributed by atoms with van der Waals surface area (Å²) in [6.45, 7) is 1.17. The lowest BCUT2D eigenvalue weighted by Gasteiger charge is -2.60. The van der Waals surface area contributed by atoms with E-state index in [1.807, 2.05) is 0 Å². The molecular weight excluding hydrogens is 363 g/mol. The Bertz CT molecular complexity index is 536. The molecule has 3 saturated carbocycles. The van der Waals surface area contributed by atoms with E-state index in [0.717, 1.165) is 41.1 Å². The highest BCUT2D eigenvalue weighted by atomic mass is 32.1. The molecule has 0 aromatic carbocycles. The Morgan fingerprint density at radius 2 is 1.74 bits per heavy atom. The molecule has 3 aliphatic carbocycles. The highest BCUT2D eigenvalue weighted by Gasteiger charge is 2.61. The van der Waals surface area contributed by atoms with E-state index in [1.165, 1.54) is 77.2 Å². The van der Waals surface area contributed by atoms with Crippen LogP contribution in [-0.2, 0) is 0 Å². The molecule has 4 aliphatic rings. The molecule has 1 N–H and O–H groups in total. The van der Waals surface area contributed by atoms with Crippen molar-refractivity contribution in [1.82, 2.24) is 5.32 Å². The van der Waals surface area contributed by atoms with E-state index in [1.54, 1.807) is 0 Å². The van der Waals surface area contributed by atoms with Gasteiger partial charge in [-0.3, -0.25) is 0 Å². The van der Waals surface area contributed by atoms with Crippen LogP contribution in [0.15, 0.2) is 0 Å². The van der Waals surface area contributed by atoms with Crippen molar-refractivity contribution in [2.75, 3.05) is 6.54 Å². The molecule has 27 heavy (non-hydrogen) atoms. The summed E-state index contributed by atoms with van der Waals surface area (Å²) in [5, 5.41) is 4.06. The standard InChI is InChI=1S/C21H40B3NS2/c22-18(5-3-6-19(23)24)16-10-9-15-14-8-7-13-4-1-2-11-20(13,26)17(14)12-25-21(15,16)27/h13-19,25-27H,1-12,22-24H2. The zero-order chi connectivity index (χ0) is 19.2. The number of hydrogen-bond acceptors (Lipinski definition) is 3. The molecule has 8 atom stereocenters. The summed E-state index contributed by atoms with van der Waals surface area (Å²) in [5.41, 5.74) is 0.837. The predicted octanol–water partition coefficient (Wildman–Crippen LogP) is 2.73. The van der Waals surface area contributed by atoms with Crippen molar-refractivity contribution >= 4 is 48.8 Å². The zero-order valence-electron chi connectivity index (χ0n) is 17.9. The van der Waals surface area contributed by atoms with E-state index in [0.29, 0.717) is 4.75 Å². The summed E-state index contributed by atoms with van der Waals surface area (Å²) in [6, 6.07) is 0. The van der Waals surface area contributed by atoms with Crippen molar-refractivity contribution < 1.29 is 0 Å². The van der Waals surface area contributed by atoms with E-state index < -0.39 is 0 Å². The average Bonchev–Trinajstić information content (AvgIpc) is 2.98. The van der Waals surface area contributed by atoms with Gasteiger partial charge in [-0.25, -0.2) is 0 Å². The van der Waals surface area contributed by atoms with Gasteiger partial charge in [-0.2, -0.15) is 25.3 Å². The number of nitrogens with one attached hydrogen (secondary N) is 1. The molecule has 4 fully saturated rings. The van der Waals surface area contributed by atoms with Crippen LogP contribution >= 0.6 is 25.3 Å². The third-order valence-electron chi connectivity index (χ3n) is 9.26. The van der Waals surface area contributed by atoms with E-state index in [4.69, 9.17) is 25.3 Å². The van der Waals surface area contributed by atoms with E-state index in [9.17, 15) is 0 Å². The minimum Gasteiger partial charge on any atom is -0.302 e. The Balaban J connectivity index is 1.46. The molecule has 150 valence electrons. The Morgan fingerprint density at radius 1 is 0.926 bits per heavy atom. The van der Waals surface area contributed by atoms with Gasteiger partial charge in [0.1, 0.15) is 7.85 Å². The van der Waals surface area contributed by atoms with Gasteiger partial charge >= 0.3 is 0 Å². The third-order valence-corrected chi connectivity index (χ3v) is 11.0. The van der Waals surface area contributed by atoms with E-state index in [2.05, 4.69) is 28.9 Å². The summed E-state index contributed by atoms with van der Waals surface area (Å²) >= 11 is 10.8. The van der Waals surface area contributed by atoms with Gasteiger partial charge in [0, 0.05) is 11.3 Å². The molecule has 1 nitrogen and oxygen atoms in total. The largest absolute Gasteiger partial charge is 0.302 e. The number of piperidine rings is 1. The van der Waals surface area contributed by atoms with Crippen LogP contribution < -0.4 is 5.32 Å². The van der Waals surface area contributed by atoms with Crippen LogP contribution in [-0.4, -0.2) is 39.7 Å². The van der Waals surface area contributed by atoms with Gasteiger partial charge in [-0.15, -0.1) is 0 Å². The van der Waals surface area contributed by atoms with Crippen molar-refractivity contribution in [3.8, 4) is 0 Å². The fourth-order valence-corrected chi connectivity index (χ4v) is 9.32. The van der Waals surface area contributed by atoms with Crippen molar-refractivity contribution in [2.24, 2.45) is 29.6 Å². The van der Waals surface area contributed by atoms with Gasteiger partial charge in [0.25, 0.3) is 0 Å². The SMILES string of the molecule is BC(B)CCCC(B)C1CCC2C3CCC4CCCCC4(S)C3CNC12S. The fraction of sp³-hybridized carbons (Fsp3) is 1.00. The summed E-state index contributed by atoms with van der Waals surface area (Å²) in [4.78, 5) is 0.0874. The molecule has 4 rings (SSSR count). The molecule has 1 aliphatic heterocycles. The van der Waals surface area contributed by atoms with Gasteiger partial charge < -0.3 is 5.32 Å². The summed E-state index contributed by atoms with van der Waals surface area (Å²) < 4.78 is 0.310. The second-order valence-electron chi connectivity index (χ2n) is 11.1. The Kier molecular flexibility index (Phi) is 6.39. The highest BCUT2D eigenvalue weighted by Crippen LogP contribution is 2.62. The van der Waals surface area contributed by atoms with Crippen molar-refractivity contribution in [3.05, 3.63) is 0 Å². The number of rotatable bonds is 5. The molecule has 1 heterocycles. The van der Waals surface area contributed by atoms with Crippen molar-refractivity contribution in [3.63, 3.8) is 0 Å². The molecule has 8 unspecified atom stereocenters. The van der Waals surface area contributed by atoms with Gasteiger partial charge in [-0.1, -0.05) is 43.6 Å². The van der Waals surface area contributed by atoms with Gasteiger partial charge in [0.15, 0.2) is 0 Å². The van der Waals surface area contributed by atoms with Gasteiger partial charge in [-0.05, 0) is 68.1 Å². The molecule has 1 saturated heterocycles. The Morgan fingerprint density at radius 3 is 2.52 bits per heavy atom. The monoisotopic (exact) mass is 403 g/mol. The molecule has 0 bridgehead atoms. The smallest absolute Gasteiger partial charge is 0.105 e. The van der Waals surface area contributed by atoms with Gasteiger partial charge in [0.2, 0.25) is 0 Å². The number of thiol groups is 2. The first-order valence-electron chi connectivity index (χ1n) is 12.1. The molecule has 0 amide bonds. The van der Waals surface area contributed by atoms with Crippen molar-refractivity contribution in [1.29, 1.82) is 0 Å². The average molecular weight is 403 g/mol. The molecule has 0 radical (unpaired) electrons. The predicted molar refractivity (Wildman–Crippen MR) is 133 cm³/mol. The van der Waals surface area contributed by atoms with Crippen LogP contribution in [0, 0.1) is 29.6 Å². The number of hydrogen-bond donors (Lipinski definition) is 3. The zero-order valence-corrected chi connectivity index (χ0v) is 19.7. The quantitative estimate of drug-likeness (QED) is 0.474. The second-order valence-corrected chi connectivity index (χ2v) is 12.7. The third kappa shape index (κ3) is 3.71. The van der Waals surface area contributed by atoms with Gasteiger partial charge in [0.05, 0.1) is 20.6 Å². The lowest BCUT2D eigenvalue weighted by molar-refractivity contribution is 0.00475. The van der Waals surface area contributed by atoms with Crippen LogP contribution in [0.25, 0.3) is 0 Å². The van der Waals surface area contributed by atoms with Crippen LogP contribution in [0.2, 0.25) is 11.5 Å². The minimum absolute atomic E-state index is 0.0874. The molecule has 6 heteroatoms. The fourth-order valence-electron chi connectivity index (χ4n) is 7.83. The molecular formula is C21H40B3NS2. The van der Waals surface area contributed by atoms with Crippen LogP contribution in [0.5, 0.6) is 0 Å². The second kappa shape index (κ2) is 8.18. The van der Waals surface area contributed by atoms with Crippen LogP contribution in [0.4, 0.5) is 0 Å². The first-order valence-corrected chi connectivity index (χ1v) is 13.0. The molecule has 0 spiro atoms. The normalized spacial score (nSPS) is 47.9. The Labute approximate surface area is 181 Å². The Hall–Kier alpha value is 0.855. The van der Waals surface area contributed by atoms with Crippen LogP contribution in [0.3, 0.4) is 0 Å². The summed E-state index contributed by atoms with van der Waals surface area (Å²) in [5.74, 6) is 4.83. The highest BCUT2D eigenvalue weighted by molar-refractivity contribution is 7.82. The summed E-state index contributed by atoms with van der Waals surface area (Å²) in [6.07, 6.45) is 15.4. The first kappa shape index (κ1) is 21.1. The lowest BCUT2D eigenvalue weighted by atomic mass is 9.55. The maximum atomic E-state index is 5.43. The maximum absolute atomic E-state index is 5.43.